The van der Waals surface area contributed by atoms with Gasteiger partial charge in [-0.3, -0.25) is 4.68 Å². The number of aryl methyl sites for hydroxylation is 3. The fourth-order valence-corrected chi connectivity index (χ4v) is 2.63. The molecule has 0 fully saturated rings. The van der Waals surface area contributed by atoms with Crippen molar-refractivity contribution < 1.29 is 4.74 Å². The van der Waals surface area contributed by atoms with Gasteiger partial charge in [-0.05, 0) is 31.9 Å². The summed E-state index contributed by atoms with van der Waals surface area (Å²) in [6.45, 7) is 5.17. The third-order valence-electron chi connectivity index (χ3n) is 3.79. The summed E-state index contributed by atoms with van der Waals surface area (Å²) < 4.78 is 7.34. The standard InChI is InChI=1S/C17H25N3O/c1-5-18-15(17-16(21-4)12-19-20(17)3)11-10-14-8-6-13(2)7-9-14/h6-9,12,15,18H,5,10-11H2,1-4H3. The molecule has 2 rings (SSSR count). The van der Waals surface area contributed by atoms with Gasteiger partial charge >= 0.3 is 0 Å². The average Bonchev–Trinajstić information content (AvgIpc) is 2.86. The van der Waals surface area contributed by atoms with E-state index in [0.29, 0.717) is 0 Å². The topological polar surface area (TPSA) is 39.1 Å². The number of rotatable bonds is 7. The zero-order valence-corrected chi connectivity index (χ0v) is 13.4. The molecule has 4 heteroatoms. The van der Waals surface area contributed by atoms with Gasteiger partial charge in [-0.25, -0.2) is 0 Å². The van der Waals surface area contributed by atoms with Crippen LogP contribution in [-0.4, -0.2) is 23.4 Å². The summed E-state index contributed by atoms with van der Waals surface area (Å²) in [4.78, 5) is 0. The SMILES string of the molecule is CCNC(CCc1ccc(C)cc1)c1c(OC)cnn1C. The van der Waals surface area contributed by atoms with Gasteiger partial charge in [0.1, 0.15) is 0 Å². The van der Waals surface area contributed by atoms with Gasteiger partial charge in [-0.2, -0.15) is 5.10 Å². The van der Waals surface area contributed by atoms with E-state index in [1.807, 2.05) is 11.7 Å². The molecular weight excluding hydrogens is 262 g/mol. The number of nitrogens with one attached hydrogen (secondary N) is 1. The maximum atomic E-state index is 5.44. The van der Waals surface area contributed by atoms with E-state index in [1.54, 1.807) is 13.3 Å². The predicted octanol–water partition coefficient (Wildman–Crippen LogP) is 3.02. The molecule has 0 aliphatic carbocycles. The van der Waals surface area contributed by atoms with Crippen LogP contribution >= 0.6 is 0 Å². The van der Waals surface area contributed by atoms with Crippen LogP contribution < -0.4 is 10.1 Å². The van der Waals surface area contributed by atoms with E-state index in [4.69, 9.17) is 4.74 Å². The van der Waals surface area contributed by atoms with Gasteiger partial charge in [0, 0.05) is 7.05 Å². The highest BCUT2D eigenvalue weighted by molar-refractivity contribution is 5.29. The molecule has 1 aromatic heterocycles. The third-order valence-corrected chi connectivity index (χ3v) is 3.79. The van der Waals surface area contributed by atoms with Crippen LogP contribution in [0.2, 0.25) is 0 Å². The number of nitrogens with zero attached hydrogens (tertiary/aromatic N) is 2. The van der Waals surface area contributed by atoms with Crippen LogP contribution in [0.25, 0.3) is 0 Å². The third kappa shape index (κ3) is 3.85. The fourth-order valence-electron chi connectivity index (χ4n) is 2.63. The van der Waals surface area contributed by atoms with Crippen molar-refractivity contribution in [3.63, 3.8) is 0 Å². The number of methoxy groups -OCH3 is 1. The van der Waals surface area contributed by atoms with Gasteiger partial charge in [-0.15, -0.1) is 0 Å². The van der Waals surface area contributed by atoms with Crippen molar-refractivity contribution in [3.05, 3.63) is 47.3 Å². The Morgan fingerprint density at radius 2 is 2.00 bits per heavy atom. The van der Waals surface area contributed by atoms with Crippen LogP contribution in [0.4, 0.5) is 0 Å². The highest BCUT2D eigenvalue weighted by atomic mass is 16.5. The number of benzene rings is 1. The Morgan fingerprint density at radius 3 is 2.62 bits per heavy atom. The smallest absolute Gasteiger partial charge is 0.161 e. The summed E-state index contributed by atoms with van der Waals surface area (Å²) in [7, 11) is 3.66. The molecule has 0 spiro atoms. The summed E-state index contributed by atoms with van der Waals surface area (Å²) in [5, 5.41) is 7.85. The minimum absolute atomic E-state index is 0.249. The van der Waals surface area contributed by atoms with E-state index >= 15 is 0 Å². The quantitative estimate of drug-likeness (QED) is 0.851. The Morgan fingerprint density at radius 1 is 1.29 bits per heavy atom. The van der Waals surface area contributed by atoms with Gasteiger partial charge in [-0.1, -0.05) is 36.8 Å². The van der Waals surface area contributed by atoms with E-state index in [2.05, 4.69) is 48.5 Å². The first-order chi connectivity index (χ1) is 10.2. The average molecular weight is 287 g/mol. The Hall–Kier alpha value is -1.81. The molecule has 1 N–H and O–H groups in total. The zero-order chi connectivity index (χ0) is 15.2. The molecule has 2 aromatic rings. The number of hydrogen-bond acceptors (Lipinski definition) is 3. The first-order valence-electron chi connectivity index (χ1n) is 7.50. The molecule has 0 saturated heterocycles. The van der Waals surface area contributed by atoms with Crippen molar-refractivity contribution in [2.45, 2.75) is 32.7 Å². The van der Waals surface area contributed by atoms with E-state index in [-0.39, 0.29) is 6.04 Å². The molecule has 1 atom stereocenters. The van der Waals surface area contributed by atoms with Crippen LogP contribution in [0, 0.1) is 6.92 Å². The largest absolute Gasteiger partial charge is 0.493 e. The highest BCUT2D eigenvalue weighted by Crippen LogP contribution is 2.27. The van der Waals surface area contributed by atoms with Gasteiger partial charge in [0.15, 0.2) is 5.75 Å². The molecule has 4 nitrogen and oxygen atoms in total. The minimum atomic E-state index is 0.249. The zero-order valence-electron chi connectivity index (χ0n) is 13.4. The molecule has 114 valence electrons. The van der Waals surface area contributed by atoms with E-state index in [0.717, 1.165) is 30.8 Å². The van der Waals surface area contributed by atoms with Crippen LogP contribution in [0.1, 0.15) is 36.2 Å². The van der Waals surface area contributed by atoms with Crippen molar-refractivity contribution in [2.75, 3.05) is 13.7 Å². The second-order valence-electron chi connectivity index (χ2n) is 5.36. The number of ether oxygens (including phenoxy) is 1. The van der Waals surface area contributed by atoms with Crippen LogP contribution in [0.15, 0.2) is 30.5 Å². The molecule has 1 heterocycles. The summed E-state index contributed by atoms with van der Waals surface area (Å²) in [6, 6.07) is 9.00. The van der Waals surface area contributed by atoms with Crippen LogP contribution in [0.5, 0.6) is 5.75 Å². The lowest BCUT2D eigenvalue weighted by Gasteiger charge is -2.19. The number of hydrogen-bond donors (Lipinski definition) is 1. The van der Waals surface area contributed by atoms with Gasteiger partial charge in [0.25, 0.3) is 0 Å². The number of aromatic nitrogens is 2. The van der Waals surface area contributed by atoms with Gasteiger partial charge in [0.2, 0.25) is 0 Å². The maximum absolute atomic E-state index is 5.44. The molecule has 21 heavy (non-hydrogen) atoms. The molecule has 0 aliphatic heterocycles. The molecule has 0 bridgehead atoms. The molecule has 0 radical (unpaired) electrons. The molecule has 0 amide bonds. The monoisotopic (exact) mass is 287 g/mol. The van der Waals surface area contributed by atoms with Gasteiger partial charge < -0.3 is 10.1 Å². The summed E-state index contributed by atoms with van der Waals surface area (Å²) in [6.07, 6.45) is 3.84. The molecule has 1 unspecified atom stereocenters. The Labute approximate surface area is 127 Å². The van der Waals surface area contributed by atoms with Crippen molar-refractivity contribution in [1.82, 2.24) is 15.1 Å². The van der Waals surface area contributed by atoms with Crippen molar-refractivity contribution in [3.8, 4) is 5.75 Å². The van der Waals surface area contributed by atoms with Crippen molar-refractivity contribution in [2.24, 2.45) is 7.05 Å². The molecule has 1 aromatic carbocycles. The lowest BCUT2D eigenvalue weighted by Crippen LogP contribution is -2.24. The molecule has 0 saturated carbocycles. The molecular formula is C17H25N3O. The molecule has 0 aliphatic rings. The summed E-state index contributed by atoms with van der Waals surface area (Å²) >= 11 is 0. The first-order valence-corrected chi connectivity index (χ1v) is 7.50. The van der Waals surface area contributed by atoms with E-state index in [1.165, 1.54) is 11.1 Å². The van der Waals surface area contributed by atoms with Crippen LogP contribution in [-0.2, 0) is 13.5 Å². The van der Waals surface area contributed by atoms with Crippen molar-refractivity contribution in [1.29, 1.82) is 0 Å². The normalized spacial score (nSPS) is 12.4. The van der Waals surface area contributed by atoms with Crippen molar-refractivity contribution >= 4 is 0 Å². The lowest BCUT2D eigenvalue weighted by molar-refractivity contribution is 0.390. The fraction of sp³-hybridized carbons (Fsp3) is 0.471. The van der Waals surface area contributed by atoms with Gasteiger partial charge in [0.05, 0.1) is 25.0 Å². The highest BCUT2D eigenvalue weighted by Gasteiger charge is 2.19. The summed E-state index contributed by atoms with van der Waals surface area (Å²) in [5.74, 6) is 0.854. The second kappa shape index (κ2) is 7.27. The van der Waals surface area contributed by atoms with E-state index in [9.17, 15) is 0 Å². The Bertz CT molecular complexity index is 560. The Balaban J connectivity index is 2.11. The Kier molecular flexibility index (Phi) is 5.39. The lowest BCUT2D eigenvalue weighted by atomic mass is 10.0. The first kappa shape index (κ1) is 15.6. The summed E-state index contributed by atoms with van der Waals surface area (Å²) in [5.41, 5.74) is 3.78. The second-order valence-corrected chi connectivity index (χ2v) is 5.36. The minimum Gasteiger partial charge on any atom is -0.493 e. The van der Waals surface area contributed by atoms with Crippen LogP contribution in [0.3, 0.4) is 0 Å². The maximum Gasteiger partial charge on any atom is 0.161 e. The van der Waals surface area contributed by atoms with E-state index < -0.39 is 0 Å². The predicted molar refractivity (Wildman–Crippen MR) is 85.7 cm³/mol.